The molecule has 126 valence electrons. The second kappa shape index (κ2) is 6.91. The smallest absolute Gasteiger partial charge is 0.266 e. The van der Waals surface area contributed by atoms with Crippen molar-refractivity contribution in [2.24, 2.45) is 0 Å². The zero-order valence-corrected chi connectivity index (χ0v) is 14.2. The number of carbonyl (C=O) groups excluding carboxylic acids is 2. The lowest BCUT2D eigenvalue weighted by molar-refractivity contribution is -0.132. The summed E-state index contributed by atoms with van der Waals surface area (Å²) in [5.74, 6) is 0.364. The van der Waals surface area contributed by atoms with Crippen LogP contribution in [0.4, 0.5) is 0 Å². The Morgan fingerprint density at radius 3 is 2.79 bits per heavy atom. The summed E-state index contributed by atoms with van der Waals surface area (Å²) in [6.07, 6.45) is 6.32. The molecule has 0 aliphatic carbocycles. The summed E-state index contributed by atoms with van der Waals surface area (Å²) in [6.45, 7) is 2.53. The van der Waals surface area contributed by atoms with Crippen molar-refractivity contribution >= 4 is 11.8 Å². The van der Waals surface area contributed by atoms with E-state index in [1.54, 1.807) is 11.1 Å². The molecule has 0 saturated carbocycles. The number of rotatable bonds is 4. The van der Waals surface area contributed by atoms with Gasteiger partial charge < -0.3 is 10.2 Å². The van der Waals surface area contributed by atoms with Crippen LogP contribution in [0.5, 0.6) is 0 Å². The first-order valence-corrected chi connectivity index (χ1v) is 8.38. The lowest BCUT2D eigenvalue weighted by Gasteiger charge is -2.41. The van der Waals surface area contributed by atoms with Gasteiger partial charge in [0.1, 0.15) is 11.4 Å². The molecule has 5 nitrogen and oxygen atoms in total. The van der Waals surface area contributed by atoms with Crippen molar-refractivity contribution in [1.29, 1.82) is 0 Å². The summed E-state index contributed by atoms with van der Waals surface area (Å²) >= 11 is 0. The quantitative estimate of drug-likeness (QED) is 0.862. The molecule has 2 aliphatic rings. The molecular weight excluding hydrogens is 302 g/mol. The van der Waals surface area contributed by atoms with Gasteiger partial charge in [-0.1, -0.05) is 30.3 Å². The lowest BCUT2D eigenvalue weighted by atomic mass is 10.0. The number of amides is 2. The van der Waals surface area contributed by atoms with E-state index in [4.69, 9.17) is 0 Å². The van der Waals surface area contributed by atoms with Crippen LogP contribution in [-0.4, -0.2) is 41.2 Å². The molecule has 0 saturated heterocycles. The Morgan fingerprint density at radius 1 is 1.29 bits per heavy atom. The standard InChI is InChI=1S/C19H23N3O2/c1-14-7-6-10-17-21(2)13-16(19(24)22(14)17)18(23)20-12-11-15-8-4-3-5-9-15/h3-5,8-10,13-14H,6-7,11-12H2,1-2H3,(H,20,23). The molecule has 1 aromatic carbocycles. The van der Waals surface area contributed by atoms with Crippen LogP contribution in [0.25, 0.3) is 0 Å². The number of carbonyl (C=O) groups is 2. The molecule has 2 amide bonds. The number of hydrogen-bond donors (Lipinski definition) is 1. The van der Waals surface area contributed by atoms with Crippen molar-refractivity contribution in [2.45, 2.75) is 32.2 Å². The predicted molar refractivity (Wildman–Crippen MR) is 92.6 cm³/mol. The third-order valence-corrected chi connectivity index (χ3v) is 4.52. The summed E-state index contributed by atoms with van der Waals surface area (Å²) in [7, 11) is 1.88. The number of nitrogens with one attached hydrogen (secondary N) is 1. The first-order chi connectivity index (χ1) is 11.6. The van der Waals surface area contributed by atoms with E-state index in [0.29, 0.717) is 6.54 Å². The van der Waals surface area contributed by atoms with Crippen LogP contribution < -0.4 is 5.32 Å². The molecule has 3 rings (SSSR count). The number of benzene rings is 1. The maximum Gasteiger partial charge on any atom is 0.266 e. The van der Waals surface area contributed by atoms with Crippen LogP contribution in [0, 0.1) is 0 Å². The Bertz CT molecular complexity index is 694. The zero-order valence-electron chi connectivity index (χ0n) is 14.2. The largest absolute Gasteiger partial charge is 0.351 e. The molecule has 1 unspecified atom stereocenters. The maximum absolute atomic E-state index is 12.7. The molecule has 5 heteroatoms. The average molecular weight is 325 g/mol. The third-order valence-electron chi connectivity index (χ3n) is 4.52. The monoisotopic (exact) mass is 325 g/mol. The van der Waals surface area contributed by atoms with Crippen LogP contribution in [0.1, 0.15) is 25.3 Å². The van der Waals surface area contributed by atoms with Crippen molar-refractivity contribution in [3.05, 3.63) is 59.6 Å². The SMILES string of the molecule is CC1CCC=C2N(C)C=C(C(=O)NCCc3ccccc3)C(=O)N21. The fraction of sp³-hybridized carbons (Fsp3) is 0.368. The molecule has 0 aromatic heterocycles. The third kappa shape index (κ3) is 3.20. The molecule has 0 fully saturated rings. The molecular formula is C19H23N3O2. The second-order valence-corrected chi connectivity index (χ2v) is 6.31. The van der Waals surface area contributed by atoms with E-state index in [1.165, 1.54) is 0 Å². The summed E-state index contributed by atoms with van der Waals surface area (Å²) in [5.41, 5.74) is 1.37. The van der Waals surface area contributed by atoms with Crippen molar-refractivity contribution in [1.82, 2.24) is 15.1 Å². The van der Waals surface area contributed by atoms with Gasteiger partial charge in [0.15, 0.2) is 0 Å². The first kappa shape index (κ1) is 16.3. The van der Waals surface area contributed by atoms with Gasteiger partial charge >= 0.3 is 0 Å². The summed E-state index contributed by atoms with van der Waals surface area (Å²) < 4.78 is 0. The summed E-state index contributed by atoms with van der Waals surface area (Å²) in [6, 6.07) is 10.1. The molecule has 0 bridgehead atoms. The fourth-order valence-corrected chi connectivity index (χ4v) is 3.19. The van der Waals surface area contributed by atoms with Gasteiger partial charge in [0.05, 0.1) is 0 Å². The van der Waals surface area contributed by atoms with E-state index in [0.717, 1.165) is 30.6 Å². The highest BCUT2D eigenvalue weighted by Gasteiger charge is 2.36. The fourth-order valence-electron chi connectivity index (χ4n) is 3.19. The van der Waals surface area contributed by atoms with Crippen LogP contribution in [-0.2, 0) is 16.0 Å². The van der Waals surface area contributed by atoms with Gasteiger partial charge in [-0.3, -0.25) is 14.5 Å². The molecule has 1 N–H and O–H groups in total. The van der Waals surface area contributed by atoms with Crippen LogP contribution in [0.15, 0.2) is 54.0 Å². The minimum atomic E-state index is -0.306. The predicted octanol–water partition coefficient (Wildman–Crippen LogP) is 2.03. The minimum absolute atomic E-state index is 0.112. The highest BCUT2D eigenvalue weighted by atomic mass is 16.2. The highest BCUT2D eigenvalue weighted by Crippen LogP contribution is 2.29. The number of allylic oxidation sites excluding steroid dienone is 1. The van der Waals surface area contributed by atoms with Crippen molar-refractivity contribution < 1.29 is 9.59 Å². The van der Waals surface area contributed by atoms with Gasteiger partial charge in [0.2, 0.25) is 0 Å². The van der Waals surface area contributed by atoms with Crippen LogP contribution in [0.2, 0.25) is 0 Å². The molecule has 0 spiro atoms. The lowest BCUT2D eigenvalue weighted by Crippen LogP contribution is -2.50. The summed E-state index contributed by atoms with van der Waals surface area (Å²) in [5, 5.41) is 2.86. The zero-order chi connectivity index (χ0) is 17.1. The van der Waals surface area contributed by atoms with Crippen molar-refractivity contribution in [3.8, 4) is 0 Å². The molecule has 24 heavy (non-hydrogen) atoms. The van der Waals surface area contributed by atoms with Gasteiger partial charge in [0.25, 0.3) is 11.8 Å². The Hall–Kier alpha value is -2.56. The summed E-state index contributed by atoms with van der Waals surface area (Å²) in [4.78, 5) is 28.8. The number of hydrogen-bond acceptors (Lipinski definition) is 3. The van der Waals surface area contributed by atoms with E-state index in [1.807, 2.05) is 49.2 Å². The van der Waals surface area contributed by atoms with Gasteiger partial charge in [-0.2, -0.15) is 0 Å². The molecule has 0 radical (unpaired) electrons. The molecule has 2 heterocycles. The Balaban J connectivity index is 1.67. The van der Waals surface area contributed by atoms with Gasteiger partial charge in [-0.05, 0) is 37.8 Å². The van der Waals surface area contributed by atoms with Gasteiger partial charge in [-0.25, -0.2) is 0 Å². The van der Waals surface area contributed by atoms with Crippen LogP contribution in [0.3, 0.4) is 0 Å². The second-order valence-electron chi connectivity index (χ2n) is 6.31. The van der Waals surface area contributed by atoms with Gasteiger partial charge in [0, 0.05) is 25.8 Å². The number of nitrogens with zero attached hydrogens (tertiary/aromatic N) is 2. The number of fused-ring (bicyclic) bond motifs is 1. The topological polar surface area (TPSA) is 52.7 Å². The average Bonchev–Trinajstić information content (AvgIpc) is 2.59. The minimum Gasteiger partial charge on any atom is -0.351 e. The van der Waals surface area contributed by atoms with Gasteiger partial charge in [-0.15, -0.1) is 0 Å². The van der Waals surface area contributed by atoms with Crippen molar-refractivity contribution in [2.75, 3.05) is 13.6 Å². The molecule has 2 aliphatic heterocycles. The van der Waals surface area contributed by atoms with E-state index in [2.05, 4.69) is 11.4 Å². The van der Waals surface area contributed by atoms with E-state index >= 15 is 0 Å². The van der Waals surface area contributed by atoms with E-state index < -0.39 is 0 Å². The van der Waals surface area contributed by atoms with E-state index in [-0.39, 0.29) is 23.4 Å². The van der Waals surface area contributed by atoms with E-state index in [9.17, 15) is 9.59 Å². The Kier molecular flexibility index (Phi) is 4.69. The Labute approximate surface area is 142 Å². The van der Waals surface area contributed by atoms with Crippen LogP contribution >= 0.6 is 0 Å². The Morgan fingerprint density at radius 2 is 2.04 bits per heavy atom. The molecule has 1 aromatic rings. The van der Waals surface area contributed by atoms with Crippen molar-refractivity contribution in [3.63, 3.8) is 0 Å². The maximum atomic E-state index is 12.7. The normalized spacial score (nSPS) is 20.2. The first-order valence-electron chi connectivity index (χ1n) is 8.38. The highest BCUT2D eigenvalue weighted by molar-refractivity contribution is 6.19. The molecule has 1 atom stereocenters.